The number of hydrogen-bond acceptors (Lipinski definition) is 2. The second-order valence-corrected chi connectivity index (χ2v) is 4.36. The minimum Gasteiger partial charge on any atom is -0.393 e. The van der Waals surface area contributed by atoms with Gasteiger partial charge in [-0.25, -0.2) is 0 Å². The van der Waals surface area contributed by atoms with E-state index in [4.69, 9.17) is 4.74 Å². The Kier molecular flexibility index (Phi) is 5.49. The average molecular weight is 200 g/mol. The highest BCUT2D eigenvalue weighted by molar-refractivity contribution is 4.71. The van der Waals surface area contributed by atoms with E-state index in [2.05, 4.69) is 13.8 Å². The Labute approximate surface area is 87.7 Å². The molecule has 0 aromatic heterocycles. The molecule has 1 aliphatic heterocycles. The van der Waals surface area contributed by atoms with E-state index in [0.717, 1.165) is 32.3 Å². The first-order valence-electron chi connectivity index (χ1n) is 6.07. The zero-order valence-corrected chi connectivity index (χ0v) is 9.54. The van der Waals surface area contributed by atoms with Gasteiger partial charge >= 0.3 is 0 Å². The highest BCUT2D eigenvalue weighted by Gasteiger charge is 2.20. The minimum atomic E-state index is -0.116. The predicted octanol–water partition coefficient (Wildman–Crippen LogP) is 2.74. The van der Waals surface area contributed by atoms with Gasteiger partial charge < -0.3 is 9.84 Å². The van der Waals surface area contributed by atoms with Gasteiger partial charge in [0.2, 0.25) is 0 Å². The maximum absolute atomic E-state index is 9.91. The van der Waals surface area contributed by atoms with Gasteiger partial charge in [-0.2, -0.15) is 0 Å². The van der Waals surface area contributed by atoms with Gasteiger partial charge in [0, 0.05) is 6.61 Å². The van der Waals surface area contributed by atoms with Crippen molar-refractivity contribution in [1.29, 1.82) is 0 Å². The van der Waals surface area contributed by atoms with Gasteiger partial charge in [0.05, 0.1) is 12.2 Å². The van der Waals surface area contributed by atoms with Gasteiger partial charge in [-0.3, -0.25) is 0 Å². The molecule has 0 aliphatic carbocycles. The van der Waals surface area contributed by atoms with Crippen LogP contribution in [0, 0.1) is 5.92 Å². The molecule has 0 aromatic carbocycles. The lowest BCUT2D eigenvalue weighted by molar-refractivity contribution is 0.0565. The Morgan fingerprint density at radius 2 is 2.07 bits per heavy atom. The van der Waals surface area contributed by atoms with Crippen LogP contribution in [0.5, 0.6) is 0 Å². The number of aliphatic hydroxyl groups is 1. The fourth-order valence-electron chi connectivity index (χ4n) is 2.30. The smallest absolute Gasteiger partial charge is 0.0577 e. The SMILES string of the molecule is CCC(CC)C(O)CCC1CCCO1. The van der Waals surface area contributed by atoms with Gasteiger partial charge in [0.15, 0.2) is 0 Å². The average Bonchev–Trinajstić information content (AvgIpc) is 2.69. The molecule has 1 heterocycles. The topological polar surface area (TPSA) is 29.5 Å². The van der Waals surface area contributed by atoms with Crippen molar-refractivity contribution in [2.24, 2.45) is 5.92 Å². The van der Waals surface area contributed by atoms with E-state index in [1.807, 2.05) is 0 Å². The van der Waals surface area contributed by atoms with Crippen molar-refractivity contribution in [3.05, 3.63) is 0 Å². The van der Waals surface area contributed by atoms with Crippen molar-refractivity contribution in [3.63, 3.8) is 0 Å². The highest BCUT2D eigenvalue weighted by Crippen LogP contribution is 2.22. The van der Waals surface area contributed by atoms with Crippen LogP contribution in [0.2, 0.25) is 0 Å². The lowest BCUT2D eigenvalue weighted by Crippen LogP contribution is -2.21. The molecule has 0 bridgehead atoms. The molecule has 0 amide bonds. The maximum Gasteiger partial charge on any atom is 0.0577 e. The van der Waals surface area contributed by atoms with Crippen molar-refractivity contribution < 1.29 is 9.84 Å². The standard InChI is InChI=1S/C12H24O2/c1-3-10(4-2)12(13)8-7-11-6-5-9-14-11/h10-13H,3-9H2,1-2H3. The molecule has 1 fully saturated rings. The van der Waals surface area contributed by atoms with E-state index in [-0.39, 0.29) is 6.10 Å². The zero-order valence-electron chi connectivity index (χ0n) is 9.54. The van der Waals surface area contributed by atoms with Crippen LogP contribution in [0.1, 0.15) is 52.4 Å². The predicted molar refractivity (Wildman–Crippen MR) is 58.3 cm³/mol. The summed E-state index contributed by atoms with van der Waals surface area (Å²) in [4.78, 5) is 0. The first-order chi connectivity index (χ1) is 6.77. The summed E-state index contributed by atoms with van der Waals surface area (Å²) in [7, 11) is 0. The van der Waals surface area contributed by atoms with Crippen LogP contribution in [-0.4, -0.2) is 23.9 Å². The van der Waals surface area contributed by atoms with Crippen LogP contribution >= 0.6 is 0 Å². The Balaban J connectivity index is 2.15. The summed E-state index contributed by atoms with van der Waals surface area (Å²) >= 11 is 0. The van der Waals surface area contributed by atoms with Crippen molar-refractivity contribution in [3.8, 4) is 0 Å². The lowest BCUT2D eigenvalue weighted by Gasteiger charge is -2.21. The van der Waals surface area contributed by atoms with Crippen LogP contribution < -0.4 is 0 Å². The maximum atomic E-state index is 9.91. The van der Waals surface area contributed by atoms with Crippen LogP contribution in [0.25, 0.3) is 0 Å². The minimum absolute atomic E-state index is 0.116. The monoisotopic (exact) mass is 200 g/mol. The van der Waals surface area contributed by atoms with E-state index in [0.29, 0.717) is 12.0 Å². The number of hydrogen-bond donors (Lipinski definition) is 1. The summed E-state index contributed by atoms with van der Waals surface area (Å²) in [5.74, 6) is 0.483. The molecule has 1 N–H and O–H groups in total. The highest BCUT2D eigenvalue weighted by atomic mass is 16.5. The molecule has 2 heteroatoms. The Morgan fingerprint density at radius 3 is 2.57 bits per heavy atom. The summed E-state index contributed by atoms with van der Waals surface area (Å²) in [6.45, 7) is 5.23. The van der Waals surface area contributed by atoms with Crippen molar-refractivity contribution in [2.45, 2.75) is 64.6 Å². The zero-order chi connectivity index (χ0) is 10.4. The quantitative estimate of drug-likeness (QED) is 0.714. The molecule has 2 atom stereocenters. The van der Waals surface area contributed by atoms with Crippen LogP contribution in [-0.2, 0) is 4.74 Å². The lowest BCUT2D eigenvalue weighted by atomic mass is 9.92. The van der Waals surface area contributed by atoms with Crippen LogP contribution in [0.4, 0.5) is 0 Å². The molecule has 0 radical (unpaired) electrons. The van der Waals surface area contributed by atoms with E-state index in [1.54, 1.807) is 0 Å². The molecule has 0 saturated carbocycles. The van der Waals surface area contributed by atoms with Gasteiger partial charge in [-0.15, -0.1) is 0 Å². The third-order valence-corrected chi connectivity index (χ3v) is 3.40. The van der Waals surface area contributed by atoms with Crippen molar-refractivity contribution in [2.75, 3.05) is 6.61 Å². The number of aliphatic hydroxyl groups excluding tert-OH is 1. The van der Waals surface area contributed by atoms with E-state index >= 15 is 0 Å². The number of rotatable bonds is 6. The molecule has 0 aromatic rings. The fraction of sp³-hybridized carbons (Fsp3) is 1.00. The first-order valence-corrected chi connectivity index (χ1v) is 6.07. The van der Waals surface area contributed by atoms with Crippen molar-refractivity contribution in [1.82, 2.24) is 0 Å². The summed E-state index contributed by atoms with van der Waals surface area (Å²) < 4.78 is 5.54. The third kappa shape index (κ3) is 3.58. The molecule has 2 unspecified atom stereocenters. The molecule has 1 saturated heterocycles. The molecular weight excluding hydrogens is 176 g/mol. The molecule has 2 nitrogen and oxygen atoms in total. The molecule has 1 aliphatic rings. The van der Waals surface area contributed by atoms with Crippen LogP contribution in [0.15, 0.2) is 0 Å². The fourth-order valence-corrected chi connectivity index (χ4v) is 2.30. The molecule has 1 rings (SSSR count). The third-order valence-electron chi connectivity index (χ3n) is 3.40. The van der Waals surface area contributed by atoms with Gasteiger partial charge in [-0.05, 0) is 31.6 Å². The Hall–Kier alpha value is -0.0800. The van der Waals surface area contributed by atoms with Gasteiger partial charge in [0.25, 0.3) is 0 Å². The molecular formula is C12H24O2. The molecule has 14 heavy (non-hydrogen) atoms. The summed E-state index contributed by atoms with van der Waals surface area (Å²) in [6.07, 6.45) is 6.83. The molecule has 0 spiro atoms. The second-order valence-electron chi connectivity index (χ2n) is 4.36. The second kappa shape index (κ2) is 6.41. The molecule has 84 valence electrons. The van der Waals surface area contributed by atoms with Gasteiger partial charge in [-0.1, -0.05) is 26.7 Å². The normalized spacial score (nSPS) is 24.4. The first kappa shape index (κ1) is 12.0. The van der Waals surface area contributed by atoms with E-state index in [1.165, 1.54) is 12.8 Å². The summed E-state index contributed by atoms with van der Waals surface area (Å²) in [5.41, 5.74) is 0. The summed E-state index contributed by atoms with van der Waals surface area (Å²) in [6, 6.07) is 0. The Morgan fingerprint density at radius 1 is 1.36 bits per heavy atom. The van der Waals surface area contributed by atoms with Crippen LogP contribution in [0.3, 0.4) is 0 Å². The summed E-state index contributed by atoms with van der Waals surface area (Å²) in [5, 5.41) is 9.91. The van der Waals surface area contributed by atoms with Gasteiger partial charge in [0.1, 0.15) is 0 Å². The van der Waals surface area contributed by atoms with E-state index < -0.39 is 0 Å². The van der Waals surface area contributed by atoms with E-state index in [9.17, 15) is 5.11 Å². The Bertz CT molecular complexity index is 137. The number of ether oxygens (including phenoxy) is 1. The van der Waals surface area contributed by atoms with Crippen molar-refractivity contribution >= 4 is 0 Å². The largest absolute Gasteiger partial charge is 0.393 e.